The zero-order valence-electron chi connectivity index (χ0n) is 7.74. The molecule has 0 aromatic carbocycles. The molecule has 0 saturated heterocycles. The van der Waals surface area contributed by atoms with Gasteiger partial charge in [0.2, 0.25) is 5.91 Å². The van der Waals surface area contributed by atoms with E-state index in [1.807, 2.05) is 13.0 Å². The first-order valence-electron chi connectivity index (χ1n) is 4.08. The SMILES string of the molecule is C/C=C/C(=O)Nc1cnccc1C. The summed E-state index contributed by atoms with van der Waals surface area (Å²) < 4.78 is 0. The minimum Gasteiger partial charge on any atom is -0.321 e. The van der Waals surface area contributed by atoms with Crippen LogP contribution in [0.15, 0.2) is 30.6 Å². The quantitative estimate of drug-likeness (QED) is 0.699. The van der Waals surface area contributed by atoms with Gasteiger partial charge in [-0.25, -0.2) is 0 Å². The second-order valence-corrected chi connectivity index (χ2v) is 2.68. The van der Waals surface area contributed by atoms with Gasteiger partial charge in [-0.15, -0.1) is 0 Å². The van der Waals surface area contributed by atoms with Gasteiger partial charge in [0.1, 0.15) is 0 Å². The number of carbonyl (C=O) groups is 1. The number of rotatable bonds is 2. The molecule has 0 radical (unpaired) electrons. The van der Waals surface area contributed by atoms with Crippen molar-refractivity contribution in [3.8, 4) is 0 Å². The molecule has 13 heavy (non-hydrogen) atoms. The van der Waals surface area contributed by atoms with Crippen molar-refractivity contribution in [3.05, 3.63) is 36.2 Å². The van der Waals surface area contributed by atoms with Gasteiger partial charge < -0.3 is 5.32 Å². The largest absolute Gasteiger partial charge is 0.321 e. The third-order valence-corrected chi connectivity index (χ3v) is 1.61. The Morgan fingerprint density at radius 2 is 2.38 bits per heavy atom. The maximum absolute atomic E-state index is 11.1. The van der Waals surface area contributed by atoms with E-state index in [1.54, 1.807) is 25.4 Å². The standard InChI is InChI=1S/C10H12N2O/c1-3-4-10(13)12-9-7-11-6-5-8(9)2/h3-7H,1-2H3,(H,12,13)/b4-3+. The van der Waals surface area contributed by atoms with Crippen molar-refractivity contribution in [3.63, 3.8) is 0 Å². The highest BCUT2D eigenvalue weighted by Crippen LogP contribution is 2.10. The molecule has 0 unspecified atom stereocenters. The maximum Gasteiger partial charge on any atom is 0.248 e. The number of aryl methyl sites for hydroxylation is 1. The average molecular weight is 176 g/mol. The van der Waals surface area contributed by atoms with E-state index in [0.29, 0.717) is 0 Å². The third-order valence-electron chi connectivity index (χ3n) is 1.61. The fraction of sp³-hybridized carbons (Fsp3) is 0.200. The van der Waals surface area contributed by atoms with Crippen LogP contribution in [0.4, 0.5) is 5.69 Å². The summed E-state index contributed by atoms with van der Waals surface area (Å²) in [6.45, 7) is 3.72. The van der Waals surface area contributed by atoms with Gasteiger partial charge >= 0.3 is 0 Å². The molecular weight excluding hydrogens is 164 g/mol. The maximum atomic E-state index is 11.1. The highest BCUT2D eigenvalue weighted by atomic mass is 16.1. The van der Waals surface area contributed by atoms with Crippen LogP contribution in [0.1, 0.15) is 12.5 Å². The average Bonchev–Trinajstić information content (AvgIpc) is 2.09. The van der Waals surface area contributed by atoms with Crippen LogP contribution in [0.2, 0.25) is 0 Å². The summed E-state index contributed by atoms with van der Waals surface area (Å²) in [5.41, 5.74) is 1.76. The van der Waals surface area contributed by atoms with Crippen molar-refractivity contribution >= 4 is 11.6 Å². The first kappa shape index (κ1) is 9.45. The van der Waals surface area contributed by atoms with E-state index in [0.717, 1.165) is 11.3 Å². The Kier molecular flexibility index (Phi) is 3.20. The van der Waals surface area contributed by atoms with Crippen molar-refractivity contribution in [1.29, 1.82) is 0 Å². The molecule has 0 aliphatic rings. The fourth-order valence-electron chi connectivity index (χ4n) is 0.921. The molecular formula is C10H12N2O. The number of hydrogen-bond acceptors (Lipinski definition) is 2. The van der Waals surface area contributed by atoms with Gasteiger partial charge in [0.15, 0.2) is 0 Å². The van der Waals surface area contributed by atoms with Crippen molar-refractivity contribution in [2.24, 2.45) is 0 Å². The minimum atomic E-state index is -0.126. The van der Waals surface area contributed by atoms with Crippen molar-refractivity contribution in [2.45, 2.75) is 13.8 Å². The normalized spacial score (nSPS) is 10.3. The lowest BCUT2D eigenvalue weighted by atomic mass is 10.2. The Balaban J connectivity index is 2.74. The van der Waals surface area contributed by atoms with E-state index < -0.39 is 0 Å². The van der Waals surface area contributed by atoms with E-state index >= 15 is 0 Å². The van der Waals surface area contributed by atoms with Crippen LogP contribution in [0, 0.1) is 6.92 Å². The van der Waals surface area contributed by atoms with Gasteiger partial charge in [-0.05, 0) is 31.6 Å². The van der Waals surface area contributed by atoms with Crippen LogP contribution < -0.4 is 5.32 Å². The van der Waals surface area contributed by atoms with E-state index in [2.05, 4.69) is 10.3 Å². The Morgan fingerprint density at radius 3 is 3.00 bits per heavy atom. The predicted octanol–water partition coefficient (Wildman–Crippen LogP) is 1.90. The molecule has 0 bridgehead atoms. The molecule has 1 aromatic rings. The number of hydrogen-bond donors (Lipinski definition) is 1. The molecule has 1 aromatic heterocycles. The molecule has 0 aliphatic heterocycles. The monoisotopic (exact) mass is 176 g/mol. The molecule has 1 rings (SSSR count). The summed E-state index contributed by atoms with van der Waals surface area (Å²) in [5.74, 6) is -0.126. The zero-order valence-corrected chi connectivity index (χ0v) is 7.74. The Labute approximate surface area is 77.5 Å². The van der Waals surface area contributed by atoms with Gasteiger partial charge in [0.25, 0.3) is 0 Å². The molecule has 0 spiro atoms. The summed E-state index contributed by atoms with van der Waals surface area (Å²) >= 11 is 0. The second-order valence-electron chi connectivity index (χ2n) is 2.68. The number of carbonyl (C=O) groups excluding carboxylic acids is 1. The second kappa shape index (κ2) is 4.40. The van der Waals surface area contributed by atoms with Gasteiger partial charge in [-0.3, -0.25) is 9.78 Å². The predicted molar refractivity (Wildman–Crippen MR) is 52.4 cm³/mol. The molecule has 1 heterocycles. The summed E-state index contributed by atoms with van der Waals surface area (Å²) in [7, 11) is 0. The van der Waals surface area contributed by atoms with Gasteiger partial charge in [-0.2, -0.15) is 0 Å². The van der Waals surface area contributed by atoms with Crippen LogP contribution in [0.5, 0.6) is 0 Å². The van der Waals surface area contributed by atoms with Crippen LogP contribution >= 0.6 is 0 Å². The van der Waals surface area contributed by atoms with E-state index in [4.69, 9.17) is 0 Å². The molecule has 0 atom stereocenters. The summed E-state index contributed by atoms with van der Waals surface area (Å²) in [6, 6.07) is 1.85. The van der Waals surface area contributed by atoms with Gasteiger partial charge in [0.05, 0.1) is 11.9 Å². The summed E-state index contributed by atoms with van der Waals surface area (Å²) in [5, 5.41) is 2.72. The van der Waals surface area contributed by atoms with E-state index in [-0.39, 0.29) is 5.91 Å². The first-order valence-corrected chi connectivity index (χ1v) is 4.08. The Hall–Kier alpha value is -1.64. The molecule has 68 valence electrons. The molecule has 1 amide bonds. The lowest BCUT2D eigenvalue weighted by molar-refractivity contribution is -0.111. The molecule has 0 aliphatic carbocycles. The number of amides is 1. The van der Waals surface area contributed by atoms with Crippen LogP contribution in [-0.2, 0) is 4.79 Å². The minimum absolute atomic E-state index is 0.126. The lowest BCUT2D eigenvalue weighted by Gasteiger charge is -2.03. The topological polar surface area (TPSA) is 42.0 Å². The number of allylic oxidation sites excluding steroid dienone is 1. The van der Waals surface area contributed by atoms with Gasteiger partial charge in [-0.1, -0.05) is 6.08 Å². The Bertz CT molecular complexity index is 331. The third kappa shape index (κ3) is 2.71. The van der Waals surface area contributed by atoms with Crippen molar-refractivity contribution < 1.29 is 4.79 Å². The van der Waals surface area contributed by atoms with Crippen molar-refractivity contribution in [1.82, 2.24) is 4.98 Å². The summed E-state index contributed by atoms with van der Waals surface area (Å²) in [6.07, 6.45) is 6.50. The molecule has 3 nitrogen and oxygen atoms in total. The molecule has 3 heteroatoms. The zero-order chi connectivity index (χ0) is 9.68. The fourth-order valence-corrected chi connectivity index (χ4v) is 0.921. The molecule has 0 saturated carbocycles. The van der Waals surface area contributed by atoms with E-state index in [1.165, 1.54) is 6.08 Å². The lowest BCUT2D eigenvalue weighted by Crippen LogP contribution is -2.08. The van der Waals surface area contributed by atoms with Crippen LogP contribution in [-0.4, -0.2) is 10.9 Å². The van der Waals surface area contributed by atoms with Gasteiger partial charge in [0, 0.05) is 6.20 Å². The van der Waals surface area contributed by atoms with Crippen molar-refractivity contribution in [2.75, 3.05) is 5.32 Å². The smallest absolute Gasteiger partial charge is 0.248 e. The van der Waals surface area contributed by atoms with Crippen LogP contribution in [0.3, 0.4) is 0 Å². The number of anilines is 1. The molecule has 1 N–H and O–H groups in total. The number of pyridine rings is 1. The highest BCUT2D eigenvalue weighted by Gasteiger charge is 1.99. The Morgan fingerprint density at radius 1 is 1.62 bits per heavy atom. The first-order chi connectivity index (χ1) is 6.24. The summed E-state index contributed by atoms with van der Waals surface area (Å²) in [4.78, 5) is 15.1. The number of nitrogens with zero attached hydrogens (tertiary/aromatic N) is 1. The number of aromatic nitrogens is 1. The number of nitrogens with one attached hydrogen (secondary N) is 1. The van der Waals surface area contributed by atoms with Crippen LogP contribution in [0.25, 0.3) is 0 Å². The highest BCUT2D eigenvalue weighted by molar-refractivity contribution is 5.99. The molecule has 0 fully saturated rings. The van der Waals surface area contributed by atoms with E-state index in [9.17, 15) is 4.79 Å².